The maximum absolute atomic E-state index is 10.3. The highest BCUT2D eigenvalue weighted by molar-refractivity contribution is 6.10. The van der Waals surface area contributed by atoms with Crippen molar-refractivity contribution in [2.75, 3.05) is 0 Å². The lowest BCUT2D eigenvalue weighted by Crippen LogP contribution is -2.28. The standard InChI is InChI=1S/C64H41N3/c65-42-43-28-37-56-58(38-43)64(52-22-9-3-10-23-52,53-24-11-4-12-25-53)59-40-57(54-26-13-14-27-55(54)62(56)59)47-31-35-49(36-32-47)61-41-60(48-33-29-46(30-34-48)44-16-5-1-6-17-44)66-63(67-61)51-21-15-20-50(39-51)45-18-7-2-8-19-45/h1-41H. The zero-order valence-electron chi connectivity index (χ0n) is 36.5. The van der Waals surface area contributed by atoms with Crippen molar-refractivity contribution in [2.45, 2.75) is 5.41 Å². The molecule has 312 valence electrons. The molecule has 0 unspecified atom stereocenters. The van der Waals surface area contributed by atoms with Crippen molar-refractivity contribution in [3.63, 3.8) is 0 Å². The van der Waals surface area contributed by atoms with E-state index in [1.165, 1.54) is 27.5 Å². The molecule has 1 heterocycles. The lowest BCUT2D eigenvalue weighted by atomic mass is 9.67. The smallest absolute Gasteiger partial charge is 0.160 e. The van der Waals surface area contributed by atoms with Gasteiger partial charge in [-0.1, -0.05) is 218 Å². The molecule has 1 aliphatic rings. The van der Waals surface area contributed by atoms with Gasteiger partial charge in [0.15, 0.2) is 5.82 Å². The van der Waals surface area contributed by atoms with E-state index in [0.29, 0.717) is 11.4 Å². The summed E-state index contributed by atoms with van der Waals surface area (Å²) in [5.74, 6) is 0.670. The van der Waals surface area contributed by atoms with Crippen LogP contribution in [0.25, 0.3) is 89.2 Å². The Morgan fingerprint density at radius 3 is 1.40 bits per heavy atom. The van der Waals surface area contributed by atoms with Crippen LogP contribution < -0.4 is 0 Å². The monoisotopic (exact) mass is 851 g/mol. The predicted octanol–water partition coefficient (Wildman–Crippen LogP) is 15.9. The number of benzene rings is 10. The third kappa shape index (κ3) is 6.83. The van der Waals surface area contributed by atoms with Crippen molar-refractivity contribution in [3.8, 4) is 84.5 Å². The number of aromatic nitrogens is 2. The van der Waals surface area contributed by atoms with Crippen molar-refractivity contribution >= 4 is 10.8 Å². The van der Waals surface area contributed by atoms with Crippen molar-refractivity contribution in [1.29, 1.82) is 5.26 Å². The van der Waals surface area contributed by atoms with E-state index >= 15 is 0 Å². The Kier molecular flexibility index (Phi) is 9.78. The quantitative estimate of drug-likeness (QED) is 0.153. The van der Waals surface area contributed by atoms with E-state index in [4.69, 9.17) is 9.97 Å². The lowest BCUT2D eigenvalue weighted by Gasteiger charge is -2.34. The van der Waals surface area contributed by atoms with Crippen LogP contribution in [0.1, 0.15) is 27.8 Å². The van der Waals surface area contributed by atoms with E-state index in [1.54, 1.807) is 0 Å². The number of nitrogens with zero attached hydrogens (tertiary/aromatic N) is 3. The highest BCUT2D eigenvalue weighted by Crippen LogP contribution is 2.59. The van der Waals surface area contributed by atoms with Gasteiger partial charge in [-0.2, -0.15) is 5.26 Å². The zero-order valence-corrected chi connectivity index (χ0v) is 36.5. The summed E-state index contributed by atoms with van der Waals surface area (Å²) in [6, 6.07) is 90.4. The summed E-state index contributed by atoms with van der Waals surface area (Å²) in [7, 11) is 0. The Bertz CT molecular complexity index is 3610. The topological polar surface area (TPSA) is 49.6 Å². The van der Waals surface area contributed by atoms with Crippen LogP contribution in [0.5, 0.6) is 0 Å². The van der Waals surface area contributed by atoms with E-state index in [2.05, 4.69) is 237 Å². The van der Waals surface area contributed by atoms with E-state index < -0.39 is 5.41 Å². The Balaban J connectivity index is 1.02. The lowest BCUT2D eigenvalue weighted by molar-refractivity contribution is 0.769. The van der Waals surface area contributed by atoms with Gasteiger partial charge in [-0.3, -0.25) is 0 Å². The summed E-state index contributed by atoms with van der Waals surface area (Å²) in [6.45, 7) is 0. The van der Waals surface area contributed by atoms with Crippen LogP contribution in [-0.4, -0.2) is 9.97 Å². The molecule has 0 saturated heterocycles. The molecule has 0 saturated carbocycles. The molecule has 0 N–H and O–H groups in total. The minimum absolute atomic E-state index is 0.645. The third-order valence-electron chi connectivity index (χ3n) is 13.4. The largest absolute Gasteiger partial charge is 0.228 e. The van der Waals surface area contributed by atoms with Gasteiger partial charge in [-0.05, 0) is 108 Å². The number of nitriles is 1. The first-order valence-corrected chi connectivity index (χ1v) is 22.7. The summed E-state index contributed by atoms with van der Waals surface area (Å²) in [6.07, 6.45) is 0. The first-order chi connectivity index (χ1) is 33.2. The number of fused-ring (bicyclic) bond motifs is 5. The Labute approximate surface area is 390 Å². The molecule has 3 heteroatoms. The van der Waals surface area contributed by atoms with Crippen LogP contribution in [0.3, 0.4) is 0 Å². The first-order valence-electron chi connectivity index (χ1n) is 22.7. The van der Waals surface area contributed by atoms with Gasteiger partial charge >= 0.3 is 0 Å². The summed E-state index contributed by atoms with van der Waals surface area (Å²) in [5.41, 5.74) is 18.5. The molecule has 0 aliphatic heterocycles. The summed E-state index contributed by atoms with van der Waals surface area (Å²) in [5, 5.41) is 12.6. The molecule has 0 radical (unpaired) electrons. The summed E-state index contributed by atoms with van der Waals surface area (Å²) in [4.78, 5) is 10.5. The van der Waals surface area contributed by atoms with E-state index in [1.807, 2.05) is 18.2 Å². The molecule has 0 amide bonds. The van der Waals surface area contributed by atoms with Crippen LogP contribution in [0, 0.1) is 11.3 Å². The predicted molar refractivity (Wildman–Crippen MR) is 274 cm³/mol. The highest BCUT2D eigenvalue weighted by atomic mass is 14.9. The molecule has 0 fully saturated rings. The fourth-order valence-corrected chi connectivity index (χ4v) is 10.3. The zero-order chi connectivity index (χ0) is 44.7. The van der Waals surface area contributed by atoms with E-state index in [0.717, 1.165) is 78.1 Å². The average Bonchev–Trinajstić information content (AvgIpc) is 3.72. The Morgan fingerprint density at radius 2 is 0.806 bits per heavy atom. The van der Waals surface area contributed by atoms with Crippen molar-refractivity contribution in [1.82, 2.24) is 9.97 Å². The van der Waals surface area contributed by atoms with Crippen molar-refractivity contribution in [3.05, 3.63) is 277 Å². The molecule has 0 atom stereocenters. The van der Waals surface area contributed by atoms with Gasteiger partial charge in [-0.15, -0.1) is 0 Å². The van der Waals surface area contributed by atoms with Gasteiger partial charge in [0.1, 0.15) is 0 Å². The van der Waals surface area contributed by atoms with Gasteiger partial charge in [0.05, 0.1) is 28.4 Å². The second-order valence-corrected chi connectivity index (χ2v) is 17.2. The number of rotatable bonds is 8. The molecular weight excluding hydrogens is 811 g/mol. The third-order valence-corrected chi connectivity index (χ3v) is 13.4. The average molecular weight is 852 g/mol. The minimum Gasteiger partial charge on any atom is -0.228 e. The van der Waals surface area contributed by atoms with Crippen molar-refractivity contribution in [2.24, 2.45) is 0 Å². The van der Waals surface area contributed by atoms with Crippen molar-refractivity contribution < 1.29 is 0 Å². The number of hydrogen-bond acceptors (Lipinski definition) is 3. The fraction of sp³-hybridized carbons (Fsp3) is 0.0156. The molecule has 1 aliphatic carbocycles. The molecule has 67 heavy (non-hydrogen) atoms. The molecule has 3 nitrogen and oxygen atoms in total. The molecule has 11 aromatic rings. The van der Waals surface area contributed by atoms with Gasteiger partial charge in [0.2, 0.25) is 0 Å². The maximum Gasteiger partial charge on any atom is 0.160 e. The second-order valence-electron chi connectivity index (χ2n) is 17.2. The summed E-state index contributed by atoms with van der Waals surface area (Å²) >= 11 is 0. The van der Waals surface area contributed by atoms with Crippen LogP contribution >= 0.6 is 0 Å². The maximum atomic E-state index is 10.3. The van der Waals surface area contributed by atoms with Crippen LogP contribution in [-0.2, 0) is 5.41 Å². The molecule has 0 bridgehead atoms. The molecular formula is C64H41N3. The normalized spacial score (nSPS) is 12.3. The van der Waals surface area contributed by atoms with Crippen LogP contribution in [0.4, 0.5) is 0 Å². The molecule has 1 aromatic heterocycles. The van der Waals surface area contributed by atoms with E-state index in [9.17, 15) is 5.26 Å². The molecule has 10 aromatic carbocycles. The Hall–Kier alpha value is -8.97. The van der Waals surface area contributed by atoms with Gasteiger partial charge in [0.25, 0.3) is 0 Å². The fourth-order valence-electron chi connectivity index (χ4n) is 10.3. The van der Waals surface area contributed by atoms with E-state index in [-0.39, 0.29) is 0 Å². The molecule has 0 spiro atoms. The van der Waals surface area contributed by atoms with Gasteiger partial charge < -0.3 is 0 Å². The summed E-state index contributed by atoms with van der Waals surface area (Å²) < 4.78 is 0. The van der Waals surface area contributed by atoms with Crippen LogP contribution in [0.2, 0.25) is 0 Å². The van der Waals surface area contributed by atoms with Gasteiger partial charge in [0, 0.05) is 16.7 Å². The SMILES string of the molecule is N#Cc1ccc2c(c1)C(c1ccccc1)(c1ccccc1)c1cc(-c3ccc(-c4cc(-c5ccc(-c6ccccc6)cc5)nc(-c5cccc(-c6ccccc6)c5)n4)cc3)c3ccccc3c1-2. The Morgan fingerprint density at radius 1 is 0.328 bits per heavy atom. The number of hydrogen-bond donors (Lipinski definition) is 0. The van der Waals surface area contributed by atoms with Crippen LogP contribution in [0.15, 0.2) is 249 Å². The minimum atomic E-state index is -0.663. The highest BCUT2D eigenvalue weighted by Gasteiger charge is 2.47. The molecule has 12 rings (SSSR count). The first kappa shape index (κ1) is 39.6. The van der Waals surface area contributed by atoms with Gasteiger partial charge in [-0.25, -0.2) is 9.97 Å². The second kappa shape index (κ2) is 16.5.